The molecule has 0 saturated heterocycles. The number of hydrogen-bond donors (Lipinski definition) is 1. The fraction of sp³-hybridized carbons (Fsp3) is 0.583. The van der Waals surface area contributed by atoms with Gasteiger partial charge in [0.2, 0.25) is 0 Å². The van der Waals surface area contributed by atoms with Crippen LogP contribution in [0.15, 0.2) is 18.5 Å². The minimum Gasteiger partial charge on any atom is -0.396 e. The largest absolute Gasteiger partial charge is 0.396 e. The van der Waals surface area contributed by atoms with E-state index in [1.807, 2.05) is 30.0 Å². The monoisotopic (exact) mass is 207 g/mol. The van der Waals surface area contributed by atoms with Crippen molar-refractivity contribution in [2.75, 3.05) is 6.61 Å². The van der Waals surface area contributed by atoms with E-state index < -0.39 is 0 Å². The SMILES string of the molecule is CC(CO)Cn1ccc(C(=O)C2CC2)c1. The number of nitrogens with zero attached hydrogens (tertiary/aromatic N) is 1. The van der Waals surface area contributed by atoms with Gasteiger partial charge in [-0.05, 0) is 24.8 Å². The number of aliphatic hydroxyl groups is 1. The predicted molar refractivity (Wildman–Crippen MR) is 57.7 cm³/mol. The van der Waals surface area contributed by atoms with Gasteiger partial charge in [-0.3, -0.25) is 4.79 Å². The van der Waals surface area contributed by atoms with Crippen molar-refractivity contribution in [3.8, 4) is 0 Å². The predicted octanol–water partition coefficient (Wildman–Crippen LogP) is 1.71. The van der Waals surface area contributed by atoms with Crippen molar-refractivity contribution in [2.45, 2.75) is 26.3 Å². The van der Waals surface area contributed by atoms with Crippen molar-refractivity contribution in [2.24, 2.45) is 11.8 Å². The summed E-state index contributed by atoms with van der Waals surface area (Å²) in [6, 6.07) is 1.88. The molecule has 1 aliphatic rings. The number of aromatic nitrogens is 1. The van der Waals surface area contributed by atoms with E-state index in [1.54, 1.807) is 0 Å². The molecule has 0 amide bonds. The highest BCUT2D eigenvalue weighted by molar-refractivity contribution is 5.99. The standard InChI is InChI=1S/C12H17NO2/c1-9(8-14)6-13-5-4-11(7-13)12(15)10-2-3-10/h4-5,7,9-10,14H,2-3,6,8H2,1H3. The quantitative estimate of drug-likeness (QED) is 0.747. The molecule has 1 aromatic rings. The molecule has 2 rings (SSSR count). The lowest BCUT2D eigenvalue weighted by molar-refractivity contribution is 0.0967. The lowest BCUT2D eigenvalue weighted by Gasteiger charge is -2.08. The summed E-state index contributed by atoms with van der Waals surface area (Å²) in [4.78, 5) is 11.7. The topological polar surface area (TPSA) is 42.2 Å². The molecule has 15 heavy (non-hydrogen) atoms. The van der Waals surface area contributed by atoms with Gasteiger partial charge in [0, 0.05) is 37.0 Å². The van der Waals surface area contributed by atoms with Gasteiger partial charge in [-0.25, -0.2) is 0 Å². The van der Waals surface area contributed by atoms with Gasteiger partial charge in [0.15, 0.2) is 5.78 Å². The van der Waals surface area contributed by atoms with Gasteiger partial charge in [0.1, 0.15) is 0 Å². The van der Waals surface area contributed by atoms with Crippen molar-refractivity contribution < 1.29 is 9.90 Å². The second-order valence-corrected chi connectivity index (χ2v) is 4.52. The van der Waals surface area contributed by atoms with Crippen molar-refractivity contribution >= 4 is 5.78 Å². The summed E-state index contributed by atoms with van der Waals surface area (Å²) < 4.78 is 1.98. The first-order valence-electron chi connectivity index (χ1n) is 5.51. The van der Waals surface area contributed by atoms with Gasteiger partial charge in [0.25, 0.3) is 0 Å². The zero-order chi connectivity index (χ0) is 10.8. The summed E-state index contributed by atoms with van der Waals surface area (Å²) in [6.07, 6.45) is 5.92. The summed E-state index contributed by atoms with van der Waals surface area (Å²) in [7, 11) is 0. The maximum absolute atomic E-state index is 11.7. The van der Waals surface area contributed by atoms with Crippen LogP contribution in [0.2, 0.25) is 0 Å². The van der Waals surface area contributed by atoms with Crippen LogP contribution >= 0.6 is 0 Å². The maximum atomic E-state index is 11.7. The fourth-order valence-electron chi connectivity index (χ4n) is 1.70. The average Bonchev–Trinajstić information content (AvgIpc) is 2.98. The first kappa shape index (κ1) is 10.4. The second-order valence-electron chi connectivity index (χ2n) is 4.52. The van der Waals surface area contributed by atoms with Gasteiger partial charge in [0.05, 0.1) is 0 Å². The molecule has 0 radical (unpaired) electrons. The molecule has 1 fully saturated rings. The summed E-state index contributed by atoms with van der Waals surface area (Å²) in [5.41, 5.74) is 0.822. The van der Waals surface area contributed by atoms with Crippen LogP contribution in [0.5, 0.6) is 0 Å². The van der Waals surface area contributed by atoms with E-state index in [0.717, 1.165) is 24.9 Å². The van der Waals surface area contributed by atoms with Gasteiger partial charge in [-0.2, -0.15) is 0 Å². The number of hydrogen-bond acceptors (Lipinski definition) is 2. The molecule has 0 aliphatic heterocycles. The summed E-state index contributed by atoms with van der Waals surface area (Å²) in [6.45, 7) is 2.95. The first-order chi connectivity index (χ1) is 7.20. The Kier molecular flexibility index (Phi) is 2.91. The highest BCUT2D eigenvalue weighted by atomic mass is 16.3. The molecule has 1 atom stereocenters. The molecular formula is C12H17NO2. The van der Waals surface area contributed by atoms with E-state index in [9.17, 15) is 4.79 Å². The zero-order valence-electron chi connectivity index (χ0n) is 9.02. The highest BCUT2D eigenvalue weighted by Gasteiger charge is 2.30. The molecule has 1 saturated carbocycles. The third-order valence-corrected chi connectivity index (χ3v) is 2.82. The molecule has 1 aromatic heterocycles. The Balaban J connectivity index is 2.00. The third-order valence-electron chi connectivity index (χ3n) is 2.82. The fourth-order valence-corrected chi connectivity index (χ4v) is 1.70. The molecule has 82 valence electrons. The van der Waals surface area contributed by atoms with Crippen LogP contribution in [0.1, 0.15) is 30.1 Å². The number of Topliss-reactive ketones (excluding diaryl/α,β-unsaturated/α-hetero) is 1. The lowest BCUT2D eigenvalue weighted by Crippen LogP contribution is -2.09. The minimum atomic E-state index is 0.185. The molecule has 0 spiro atoms. The Labute approximate surface area is 89.7 Å². The Morgan fingerprint density at radius 1 is 1.67 bits per heavy atom. The molecule has 1 N–H and O–H groups in total. The van der Waals surface area contributed by atoms with Gasteiger partial charge < -0.3 is 9.67 Å². The number of aliphatic hydroxyl groups excluding tert-OH is 1. The average molecular weight is 207 g/mol. The molecule has 0 aromatic carbocycles. The van der Waals surface area contributed by atoms with Crippen LogP contribution in [0.3, 0.4) is 0 Å². The van der Waals surface area contributed by atoms with Crippen molar-refractivity contribution in [1.82, 2.24) is 4.57 Å². The van der Waals surface area contributed by atoms with Gasteiger partial charge in [-0.15, -0.1) is 0 Å². The van der Waals surface area contributed by atoms with Crippen molar-refractivity contribution in [3.63, 3.8) is 0 Å². The first-order valence-corrected chi connectivity index (χ1v) is 5.51. The van der Waals surface area contributed by atoms with Crippen molar-refractivity contribution in [3.05, 3.63) is 24.0 Å². The Morgan fingerprint density at radius 2 is 2.40 bits per heavy atom. The van der Waals surface area contributed by atoms with E-state index in [4.69, 9.17) is 5.11 Å². The Bertz CT molecular complexity index is 352. The Hall–Kier alpha value is -1.09. The molecule has 1 aliphatic carbocycles. The number of rotatable bonds is 5. The van der Waals surface area contributed by atoms with E-state index >= 15 is 0 Å². The number of carbonyl (C=O) groups excluding carboxylic acids is 1. The van der Waals surface area contributed by atoms with Crippen LogP contribution in [0.25, 0.3) is 0 Å². The summed E-state index contributed by atoms with van der Waals surface area (Å²) in [5.74, 6) is 0.808. The highest BCUT2D eigenvalue weighted by Crippen LogP contribution is 2.32. The summed E-state index contributed by atoms with van der Waals surface area (Å²) >= 11 is 0. The normalized spacial score (nSPS) is 17.7. The minimum absolute atomic E-state index is 0.185. The maximum Gasteiger partial charge on any atom is 0.167 e. The van der Waals surface area contributed by atoms with E-state index in [0.29, 0.717) is 0 Å². The van der Waals surface area contributed by atoms with Crippen molar-refractivity contribution in [1.29, 1.82) is 0 Å². The molecule has 3 nitrogen and oxygen atoms in total. The van der Waals surface area contributed by atoms with Crippen LogP contribution in [-0.2, 0) is 6.54 Å². The van der Waals surface area contributed by atoms with E-state index in [-0.39, 0.29) is 24.2 Å². The molecule has 3 heteroatoms. The van der Waals surface area contributed by atoms with Gasteiger partial charge in [-0.1, -0.05) is 6.92 Å². The zero-order valence-corrected chi connectivity index (χ0v) is 9.02. The summed E-state index contributed by atoms with van der Waals surface area (Å²) in [5, 5.41) is 8.93. The van der Waals surface area contributed by atoms with E-state index in [2.05, 4.69) is 0 Å². The second kappa shape index (κ2) is 4.19. The van der Waals surface area contributed by atoms with Crippen LogP contribution in [-0.4, -0.2) is 22.1 Å². The van der Waals surface area contributed by atoms with E-state index in [1.165, 1.54) is 0 Å². The van der Waals surface area contributed by atoms with Crippen LogP contribution in [0, 0.1) is 11.8 Å². The smallest absolute Gasteiger partial charge is 0.167 e. The van der Waals surface area contributed by atoms with Gasteiger partial charge >= 0.3 is 0 Å². The lowest BCUT2D eigenvalue weighted by atomic mass is 10.1. The van der Waals surface area contributed by atoms with Crippen LogP contribution < -0.4 is 0 Å². The third kappa shape index (κ3) is 2.48. The molecular weight excluding hydrogens is 190 g/mol. The van der Waals surface area contributed by atoms with Crippen LogP contribution in [0.4, 0.5) is 0 Å². The number of ketones is 1. The Morgan fingerprint density at radius 3 is 3.00 bits per heavy atom. The molecule has 1 unspecified atom stereocenters. The molecule has 0 bridgehead atoms. The molecule has 1 heterocycles. The number of carbonyl (C=O) groups is 1.